The molecule has 0 saturated heterocycles. The van der Waals surface area contributed by atoms with Crippen molar-refractivity contribution in [1.29, 1.82) is 0 Å². The van der Waals surface area contributed by atoms with E-state index < -0.39 is 0 Å². The maximum atomic E-state index is 13.7. The third-order valence-corrected chi connectivity index (χ3v) is 4.08. The van der Waals surface area contributed by atoms with Crippen molar-refractivity contribution in [3.63, 3.8) is 0 Å². The third kappa shape index (κ3) is 4.67. The van der Waals surface area contributed by atoms with Gasteiger partial charge in [0, 0.05) is 10.9 Å². The Morgan fingerprint density at radius 3 is 2.55 bits per heavy atom. The summed E-state index contributed by atoms with van der Waals surface area (Å²) in [6.07, 6.45) is 0.667. The van der Waals surface area contributed by atoms with E-state index in [9.17, 15) is 9.18 Å². The first-order valence-corrected chi connectivity index (χ1v) is 8.05. The Kier molecular flexibility index (Phi) is 5.72. The molecule has 116 valence electrons. The SMILES string of the molecule is Cc1ccc(C(C)NC(=O)CCc2ccc(Br)cc2F)cc1. The number of nitrogens with one attached hydrogen (secondary N) is 1. The van der Waals surface area contributed by atoms with Crippen molar-refractivity contribution in [3.8, 4) is 0 Å². The van der Waals surface area contributed by atoms with Crippen molar-refractivity contribution in [2.45, 2.75) is 32.7 Å². The molecule has 0 bridgehead atoms. The second kappa shape index (κ2) is 7.54. The molecule has 0 aliphatic carbocycles. The lowest BCUT2D eigenvalue weighted by Gasteiger charge is -2.14. The monoisotopic (exact) mass is 363 g/mol. The van der Waals surface area contributed by atoms with E-state index in [1.807, 2.05) is 38.1 Å². The average Bonchev–Trinajstić information content (AvgIpc) is 2.47. The molecule has 0 aliphatic heterocycles. The van der Waals surface area contributed by atoms with Gasteiger partial charge in [-0.3, -0.25) is 4.79 Å². The lowest BCUT2D eigenvalue weighted by Crippen LogP contribution is -2.26. The van der Waals surface area contributed by atoms with E-state index in [0.717, 1.165) is 5.56 Å². The number of hydrogen-bond donors (Lipinski definition) is 1. The molecule has 1 atom stereocenters. The van der Waals surface area contributed by atoms with Gasteiger partial charge >= 0.3 is 0 Å². The third-order valence-electron chi connectivity index (χ3n) is 3.59. The second-order valence-electron chi connectivity index (χ2n) is 5.44. The molecule has 2 aromatic rings. The fraction of sp³-hybridized carbons (Fsp3) is 0.278. The molecule has 0 radical (unpaired) electrons. The standard InChI is InChI=1S/C18H19BrFNO/c1-12-3-5-14(6-4-12)13(2)21-18(22)10-8-15-7-9-16(19)11-17(15)20/h3-7,9,11,13H,8,10H2,1-2H3,(H,21,22). The topological polar surface area (TPSA) is 29.1 Å². The molecule has 4 heteroatoms. The molecule has 2 nitrogen and oxygen atoms in total. The molecular formula is C18H19BrFNO. The summed E-state index contributed by atoms with van der Waals surface area (Å²) in [6.45, 7) is 3.97. The van der Waals surface area contributed by atoms with E-state index in [-0.39, 0.29) is 24.2 Å². The van der Waals surface area contributed by atoms with Crippen LogP contribution in [0.25, 0.3) is 0 Å². The predicted octanol–water partition coefficient (Wildman–Crippen LogP) is 4.71. The molecule has 1 unspecified atom stereocenters. The number of carbonyl (C=O) groups is 1. The van der Waals surface area contributed by atoms with Crippen LogP contribution in [-0.4, -0.2) is 5.91 Å². The van der Waals surface area contributed by atoms with Crippen LogP contribution in [-0.2, 0) is 11.2 Å². The number of rotatable bonds is 5. The number of benzene rings is 2. The van der Waals surface area contributed by atoms with E-state index in [1.54, 1.807) is 12.1 Å². The molecular weight excluding hydrogens is 345 g/mol. The number of aryl methyl sites for hydroxylation is 2. The summed E-state index contributed by atoms with van der Waals surface area (Å²) in [7, 11) is 0. The molecule has 0 aromatic heterocycles. The molecule has 0 saturated carbocycles. The van der Waals surface area contributed by atoms with E-state index >= 15 is 0 Å². The smallest absolute Gasteiger partial charge is 0.220 e. The van der Waals surface area contributed by atoms with Crippen LogP contribution in [0.4, 0.5) is 4.39 Å². The molecule has 1 N–H and O–H groups in total. The van der Waals surface area contributed by atoms with Crippen molar-refractivity contribution < 1.29 is 9.18 Å². The van der Waals surface area contributed by atoms with Gasteiger partial charge in [0.05, 0.1) is 6.04 Å². The summed E-state index contributed by atoms with van der Waals surface area (Å²) in [5, 5.41) is 2.95. The highest BCUT2D eigenvalue weighted by Gasteiger charge is 2.11. The first-order chi connectivity index (χ1) is 10.5. The van der Waals surface area contributed by atoms with Gasteiger partial charge in [-0.05, 0) is 43.5 Å². The Morgan fingerprint density at radius 2 is 1.91 bits per heavy atom. The molecule has 0 heterocycles. The largest absolute Gasteiger partial charge is 0.350 e. The highest BCUT2D eigenvalue weighted by molar-refractivity contribution is 9.10. The molecule has 2 rings (SSSR count). The van der Waals surface area contributed by atoms with Crippen LogP contribution in [0.5, 0.6) is 0 Å². The number of amides is 1. The summed E-state index contributed by atoms with van der Waals surface area (Å²) in [6, 6.07) is 12.9. The summed E-state index contributed by atoms with van der Waals surface area (Å²) in [5.74, 6) is -0.357. The summed E-state index contributed by atoms with van der Waals surface area (Å²) in [5.41, 5.74) is 2.81. The summed E-state index contributed by atoms with van der Waals surface area (Å²) >= 11 is 3.22. The lowest BCUT2D eigenvalue weighted by atomic mass is 10.1. The van der Waals surface area contributed by atoms with Crippen LogP contribution >= 0.6 is 15.9 Å². The quantitative estimate of drug-likeness (QED) is 0.818. The van der Waals surface area contributed by atoms with E-state index in [2.05, 4.69) is 21.2 Å². The van der Waals surface area contributed by atoms with Crippen molar-refractivity contribution in [1.82, 2.24) is 5.32 Å². The van der Waals surface area contributed by atoms with Crippen LogP contribution in [0, 0.1) is 12.7 Å². The van der Waals surface area contributed by atoms with Gasteiger partial charge in [0.25, 0.3) is 0 Å². The Balaban J connectivity index is 1.88. The molecule has 0 fully saturated rings. The van der Waals surface area contributed by atoms with Crippen molar-refractivity contribution in [2.24, 2.45) is 0 Å². The highest BCUT2D eigenvalue weighted by atomic mass is 79.9. The minimum absolute atomic E-state index is 0.0529. The summed E-state index contributed by atoms with van der Waals surface area (Å²) in [4.78, 5) is 12.0. The Labute approximate surface area is 138 Å². The zero-order chi connectivity index (χ0) is 16.1. The van der Waals surface area contributed by atoms with Gasteiger partial charge in [-0.15, -0.1) is 0 Å². The first kappa shape index (κ1) is 16.7. The van der Waals surface area contributed by atoms with Gasteiger partial charge in [-0.1, -0.05) is 51.8 Å². The fourth-order valence-corrected chi connectivity index (χ4v) is 2.56. The molecule has 1 amide bonds. The van der Waals surface area contributed by atoms with Crippen LogP contribution in [0.2, 0.25) is 0 Å². The van der Waals surface area contributed by atoms with E-state index in [4.69, 9.17) is 0 Å². The molecule has 22 heavy (non-hydrogen) atoms. The maximum Gasteiger partial charge on any atom is 0.220 e. The Bertz CT molecular complexity index is 655. The van der Waals surface area contributed by atoms with Crippen molar-refractivity contribution in [2.75, 3.05) is 0 Å². The maximum absolute atomic E-state index is 13.7. The van der Waals surface area contributed by atoms with Gasteiger partial charge in [0.2, 0.25) is 5.91 Å². The number of hydrogen-bond acceptors (Lipinski definition) is 1. The Hall–Kier alpha value is -1.68. The Morgan fingerprint density at radius 1 is 1.23 bits per heavy atom. The van der Waals surface area contributed by atoms with Gasteiger partial charge < -0.3 is 5.32 Å². The first-order valence-electron chi connectivity index (χ1n) is 7.25. The van der Waals surface area contributed by atoms with Gasteiger partial charge in [0.15, 0.2) is 0 Å². The normalized spacial score (nSPS) is 12.0. The minimum atomic E-state index is -0.284. The minimum Gasteiger partial charge on any atom is -0.350 e. The predicted molar refractivity (Wildman–Crippen MR) is 90.2 cm³/mol. The zero-order valence-corrected chi connectivity index (χ0v) is 14.3. The van der Waals surface area contributed by atoms with E-state index in [0.29, 0.717) is 16.5 Å². The van der Waals surface area contributed by atoms with Crippen LogP contribution < -0.4 is 5.32 Å². The number of carbonyl (C=O) groups excluding carboxylic acids is 1. The van der Waals surface area contributed by atoms with Crippen LogP contribution in [0.3, 0.4) is 0 Å². The summed E-state index contributed by atoms with van der Waals surface area (Å²) < 4.78 is 14.4. The zero-order valence-electron chi connectivity index (χ0n) is 12.7. The van der Waals surface area contributed by atoms with Crippen LogP contribution in [0.1, 0.15) is 36.1 Å². The number of halogens is 2. The van der Waals surface area contributed by atoms with Crippen LogP contribution in [0.15, 0.2) is 46.9 Å². The highest BCUT2D eigenvalue weighted by Crippen LogP contribution is 2.17. The molecule has 0 aliphatic rings. The fourth-order valence-electron chi connectivity index (χ4n) is 2.22. The molecule has 0 spiro atoms. The van der Waals surface area contributed by atoms with Gasteiger partial charge in [-0.2, -0.15) is 0 Å². The van der Waals surface area contributed by atoms with Crippen molar-refractivity contribution in [3.05, 3.63) is 69.4 Å². The molecule has 2 aromatic carbocycles. The van der Waals surface area contributed by atoms with Gasteiger partial charge in [-0.25, -0.2) is 4.39 Å². The van der Waals surface area contributed by atoms with E-state index in [1.165, 1.54) is 11.6 Å². The average molecular weight is 364 g/mol. The lowest BCUT2D eigenvalue weighted by molar-refractivity contribution is -0.121. The van der Waals surface area contributed by atoms with Crippen molar-refractivity contribution >= 4 is 21.8 Å². The van der Waals surface area contributed by atoms with Gasteiger partial charge in [0.1, 0.15) is 5.82 Å². The second-order valence-corrected chi connectivity index (χ2v) is 6.35.